The van der Waals surface area contributed by atoms with E-state index in [1.165, 1.54) is 0 Å². The topological polar surface area (TPSA) is 84.2 Å². The summed E-state index contributed by atoms with van der Waals surface area (Å²) in [6, 6.07) is 12.5. The summed E-state index contributed by atoms with van der Waals surface area (Å²) in [6.07, 6.45) is 0. The number of carbonyl (C=O) groups excluding carboxylic acids is 2. The first-order valence-corrected chi connectivity index (χ1v) is 6.99. The first-order chi connectivity index (χ1) is 10.5. The van der Waals surface area contributed by atoms with Gasteiger partial charge in [0.2, 0.25) is 5.91 Å². The molecule has 0 unspecified atom stereocenters. The van der Waals surface area contributed by atoms with Crippen molar-refractivity contribution in [3.63, 3.8) is 0 Å². The minimum absolute atomic E-state index is 0.112. The summed E-state index contributed by atoms with van der Waals surface area (Å²) in [4.78, 5) is 23.8. The summed E-state index contributed by atoms with van der Waals surface area (Å²) in [5, 5.41) is 5.47. The van der Waals surface area contributed by atoms with E-state index >= 15 is 0 Å². The van der Waals surface area contributed by atoms with Gasteiger partial charge in [0, 0.05) is 5.56 Å². The molecule has 5 nitrogen and oxygen atoms in total. The van der Waals surface area contributed by atoms with Crippen LogP contribution in [0.3, 0.4) is 0 Å². The van der Waals surface area contributed by atoms with Gasteiger partial charge in [0.05, 0.1) is 17.9 Å². The fourth-order valence-electron chi connectivity index (χ4n) is 1.98. The van der Waals surface area contributed by atoms with Crippen molar-refractivity contribution < 1.29 is 9.59 Å². The Kier molecular flexibility index (Phi) is 4.91. The minimum Gasteiger partial charge on any atom is -0.323 e. The van der Waals surface area contributed by atoms with Gasteiger partial charge < -0.3 is 16.4 Å². The van der Waals surface area contributed by atoms with Gasteiger partial charge in [-0.05, 0) is 49.2 Å². The Balaban J connectivity index is 2.21. The van der Waals surface area contributed by atoms with Gasteiger partial charge in [-0.2, -0.15) is 0 Å². The molecule has 0 fully saturated rings. The van der Waals surface area contributed by atoms with Crippen LogP contribution in [0.1, 0.15) is 21.5 Å². The lowest BCUT2D eigenvalue weighted by molar-refractivity contribution is -0.114. The highest BCUT2D eigenvalue weighted by Crippen LogP contribution is 2.22. The second-order valence-corrected chi connectivity index (χ2v) is 5.05. The van der Waals surface area contributed by atoms with Crippen LogP contribution in [-0.2, 0) is 4.79 Å². The highest BCUT2D eigenvalue weighted by molar-refractivity contribution is 6.07. The van der Waals surface area contributed by atoms with Gasteiger partial charge in [-0.25, -0.2) is 0 Å². The molecule has 2 amide bonds. The molecule has 2 rings (SSSR count). The van der Waals surface area contributed by atoms with E-state index in [2.05, 4.69) is 10.6 Å². The standard InChI is InChI=1S/C17H19N3O2/c1-11-7-8-13(9-12(11)2)17(22)20-15-6-4-3-5-14(15)19-16(21)10-18/h3-9H,10,18H2,1-2H3,(H,19,21)(H,20,22). The van der Waals surface area contributed by atoms with Crippen LogP contribution in [-0.4, -0.2) is 18.4 Å². The van der Waals surface area contributed by atoms with Gasteiger partial charge >= 0.3 is 0 Å². The molecular weight excluding hydrogens is 278 g/mol. The van der Waals surface area contributed by atoms with Crippen LogP contribution in [0.15, 0.2) is 42.5 Å². The number of benzene rings is 2. The van der Waals surface area contributed by atoms with E-state index < -0.39 is 0 Å². The molecule has 0 aliphatic carbocycles. The number of anilines is 2. The number of aryl methyl sites for hydroxylation is 2. The Morgan fingerprint density at radius 2 is 1.59 bits per heavy atom. The SMILES string of the molecule is Cc1ccc(C(=O)Nc2ccccc2NC(=O)CN)cc1C. The second-order valence-electron chi connectivity index (χ2n) is 5.05. The number of carbonyl (C=O) groups is 2. The van der Waals surface area contributed by atoms with Crippen LogP contribution < -0.4 is 16.4 Å². The van der Waals surface area contributed by atoms with E-state index in [1.54, 1.807) is 30.3 Å². The largest absolute Gasteiger partial charge is 0.323 e. The maximum absolute atomic E-state index is 12.3. The maximum Gasteiger partial charge on any atom is 0.255 e. The number of amides is 2. The molecule has 0 saturated carbocycles. The lowest BCUT2D eigenvalue weighted by atomic mass is 10.1. The summed E-state index contributed by atoms with van der Waals surface area (Å²) in [5.74, 6) is -0.537. The van der Waals surface area contributed by atoms with Crippen LogP contribution in [0.2, 0.25) is 0 Å². The third-order valence-electron chi connectivity index (χ3n) is 3.40. The highest BCUT2D eigenvalue weighted by atomic mass is 16.2. The van der Waals surface area contributed by atoms with Gasteiger partial charge in [-0.3, -0.25) is 9.59 Å². The van der Waals surface area contributed by atoms with Gasteiger partial charge in [0.15, 0.2) is 0 Å². The molecule has 0 aromatic heterocycles. The van der Waals surface area contributed by atoms with Crippen molar-refractivity contribution in [2.75, 3.05) is 17.2 Å². The van der Waals surface area contributed by atoms with Crippen molar-refractivity contribution in [2.24, 2.45) is 5.73 Å². The Morgan fingerprint density at radius 3 is 2.18 bits per heavy atom. The summed E-state index contributed by atoms with van der Waals surface area (Å²) in [6.45, 7) is 3.84. The molecule has 0 saturated heterocycles. The van der Waals surface area contributed by atoms with E-state index in [9.17, 15) is 9.59 Å². The molecule has 22 heavy (non-hydrogen) atoms. The van der Waals surface area contributed by atoms with Gasteiger partial charge in [-0.15, -0.1) is 0 Å². The summed E-state index contributed by atoms with van der Waals surface area (Å²) in [5.41, 5.74) is 9.11. The average molecular weight is 297 g/mol. The summed E-state index contributed by atoms with van der Waals surface area (Å²) >= 11 is 0. The van der Waals surface area contributed by atoms with Crippen LogP contribution >= 0.6 is 0 Å². The predicted molar refractivity (Wildman–Crippen MR) is 88.0 cm³/mol. The highest BCUT2D eigenvalue weighted by Gasteiger charge is 2.11. The van der Waals surface area contributed by atoms with Crippen LogP contribution in [0.5, 0.6) is 0 Å². The van der Waals surface area contributed by atoms with E-state index in [4.69, 9.17) is 5.73 Å². The zero-order valence-electron chi connectivity index (χ0n) is 12.6. The molecule has 0 aliphatic heterocycles. The molecule has 2 aromatic carbocycles. The molecule has 0 radical (unpaired) electrons. The fraction of sp³-hybridized carbons (Fsp3) is 0.176. The third kappa shape index (κ3) is 3.71. The molecule has 0 heterocycles. The van der Waals surface area contributed by atoms with Crippen LogP contribution in [0, 0.1) is 13.8 Å². The molecule has 4 N–H and O–H groups in total. The Morgan fingerprint density at radius 1 is 0.955 bits per heavy atom. The molecule has 114 valence electrons. The van der Waals surface area contributed by atoms with E-state index in [0.29, 0.717) is 16.9 Å². The van der Waals surface area contributed by atoms with Crippen LogP contribution in [0.25, 0.3) is 0 Å². The lowest BCUT2D eigenvalue weighted by Gasteiger charge is -2.12. The second kappa shape index (κ2) is 6.87. The Bertz CT molecular complexity index is 711. The van der Waals surface area contributed by atoms with Crippen molar-refractivity contribution in [3.05, 3.63) is 59.2 Å². The number of hydrogen-bond acceptors (Lipinski definition) is 3. The normalized spacial score (nSPS) is 10.1. The third-order valence-corrected chi connectivity index (χ3v) is 3.40. The molecule has 0 aliphatic rings. The van der Waals surface area contributed by atoms with E-state index in [-0.39, 0.29) is 18.4 Å². The fourth-order valence-corrected chi connectivity index (χ4v) is 1.98. The quantitative estimate of drug-likeness (QED) is 0.810. The average Bonchev–Trinajstić information content (AvgIpc) is 2.51. The Hall–Kier alpha value is -2.66. The zero-order valence-corrected chi connectivity index (χ0v) is 12.6. The molecule has 5 heteroatoms. The lowest BCUT2D eigenvalue weighted by Crippen LogP contribution is -2.23. The maximum atomic E-state index is 12.3. The van der Waals surface area contributed by atoms with Crippen molar-refractivity contribution in [1.29, 1.82) is 0 Å². The predicted octanol–water partition coefficient (Wildman–Crippen LogP) is 2.45. The summed E-state index contributed by atoms with van der Waals surface area (Å²) in [7, 11) is 0. The number of nitrogens with one attached hydrogen (secondary N) is 2. The van der Waals surface area contributed by atoms with Crippen molar-refractivity contribution >= 4 is 23.2 Å². The molecule has 2 aromatic rings. The minimum atomic E-state index is -0.312. The summed E-state index contributed by atoms with van der Waals surface area (Å²) < 4.78 is 0. The first-order valence-electron chi connectivity index (χ1n) is 6.99. The number of para-hydroxylation sites is 2. The smallest absolute Gasteiger partial charge is 0.255 e. The molecular formula is C17H19N3O2. The molecule has 0 atom stereocenters. The van der Waals surface area contributed by atoms with Gasteiger partial charge in [-0.1, -0.05) is 18.2 Å². The molecule has 0 bridgehead atoms. The first kappa shape index (κ1) is 15.7. The van der Waals surface area contributed by atoms with Crippen LogP contribution in [0.4, 0.5) is 11.4 Å². The Labute approximate surface area is 129 Å². The zero-order chi connectivity index (χ0) is 16.1. The number of hydrogen-bond donors (Lipinski definition) is 3. The van der Waals surface area contributed by atoms with E-state index in [1.807, 2.05) is 26.0 Å². The monoisotopic (exact) mass is 297 g/mol. The number of nitrogens with two attached hydrogens (primary N) is 1. The number of rotatable bonds is 4. The molecule has 0 spiro atoms. The van der Waals surface area contributed by atoms with Crippen molar-refractivity contribution in [3.8, 4) is 0 Å². The van der Waals surface area contributed by atoms with Crippen molar-refractivity contribution in [1.82, 2.24) is 0 Å². The van der Waals surface area contributed by atoms with Crippen molar-refractivity contribution in [2.45, 2.75) is 13.8 Å². The van der Waals surface area contributed by atoms with E-state index in [0.717, 1.165) is 11.1 Å². The van der Waals surface area contributed by atoms with Gasteiger partial charge in [0.1, 0.15) is 0 Å². The van der Waals surface area contributed by atoms with Gasteiger partial charge in [0.25, 0.3) is 5.91 Å².